The molecule has 4 bridgehead atoms. The molecule has 2 aromatic rings. The maximum Gasteiger partial charge on any atom is 0.0958 e. The quantitative estimate of drug-likeness (QED) is 0.792. The van der Waals surface area contributed by atoms with E-state index >= 15 is 0 Å². The molecule has 1 aromatic carbocycles. The minimum absolute atomic E-state index is 0.398. The summed E-state index contributed by atoms with van der Waals surface area (Å²) < 4.78 is 2.49. The van der Waals surface area contributed by atoms with Gasteiger partial charge in [0.15, 0.2) is 0 Å². The number of imidazole rings is 1. The first kappa shape index (κ1) is 12.0. The van der Waals surface area contributed by atoms with Crippen molar-refractivity contribution in [1.82, 2.24) is 9.55 Å². The van der Waals surface area contributed by atoms with E-state index in [9.17, 15) is 0 Å². The Bertz CT molecular complexity index is 620. The van der Waals surface area contributed by atoms with E-state index in [-0.39, 0.29) is 0 Å². The van der Waals surface area contributed by atoms with E-state index in [1.54, 1.807) is 0 Å². The van der Waals surface area contributed by atoms with E-state index in [0.29, 0.717) is 5.54 Å². The van der Waals surface area contributed by atoms with Crippen LogP contribution in [0.5, 0.6) is 0 Å². The van der Waals surface area contributed by atoms with Gasteiger partial charge in [0.1, 0.15) is 0 Å². The van der Waals surface area contributed by atoms with Crippen molar-refractivity contribution in [3.8, 4) is 11.3 Å². The lowest BCUT2D eigenvalue weighted by Crippen LogP contribution is -2.51. The van der Waals surface area contributed by atoms with Crippen molar-refractivity contribution in [2.24, 2.45) is 17.8 Å². The molecule has 4 aliphatic rings. The van der Waals surface area contributed by atoms with Gasteiger partial charge in [-0.05, 0) is 56.3 Å². The summed E-state index contributed by atoms with van der Waals surface area (Å²) in [6.45, 7) is 0. The minimum Gasteiger partial charge on any atom is -0.331 e. The second kappa shape index (κ2) is 4.22. The van der Waals surface area contributed by atoms with E-state index in [4.69, 9.17) is 4.98 Å². The van der Waals surface area contributed by atoms with Gasteiger partial charge in [-0.1, -0.05) is 30.3 Å². The molecule has 21 heavy (non-hydrogen) atoms. The third-order valence-corrected chi connectivity index (χ3v) is 6.21. The molecule has 0 saturated heterocycles. The van der Waals surface area contributed by atoms with Gasteiger partial charge in [0, 0.05) is 17.3 Å². The second-order valence-corrected chi connectivity index (χ2v) is 7.67. The fourth-order valence-electron chi connectivity index (χ4n) is 5.72. The first-order valence-electron chi connectivity index (χ1n) is 8.41. The van der Waals surface area contributed by atoms with Gasteiger partial charge in [-0.25, -0.2) is 4.98 Å². The average molecular weight is 278 g/mol. The van der Waals surface area contributed by atoms with Gasteiger partial charge in [-0.3, -0.25) is 0 Å². The first-order valence-corrected chi connectivity index (χ1v) is 8.41. The van der Waals surface area contributed by atoms with Crippen LogP contribution < -0.4 is 0 Å². The Morgan fingerprint density at radius 3 is 2.14 bits per heavy atom. The number of hydrogen-bond acceptors (Lipinski definition) is 1. The molecule has 4 aliphatic carbocycles. The van der Waals surface area contributed by atoms with Crippen LogP contribution >= 0.6 is 0 Å². The Balaban J connectivity index is 1.52. The highest BCUT2D eigenvalue weighted by atomic mass is 15.1. The summed E-state index contributed by atoms with van der Waals surface area (Å²) in [6, 6.07) is 10.6. The van der Waals surface area contributed by atoms with Crippen LogP contribution in [0.4, 0.5) is 0 Å². The zero-order valence-electron chi connectivity index (χ0n) is 12.4. The zero-order chi connectivity index (χ0) is 13.9. The maximum absolute atomic E-state index is 4.71. The van der Waals surface area contributed by atoms with Gasteiger partial charge >= 0.3 is 0 Å². The lowest BCUT2D eigenvalue weighted by molar-refractivity contribution is -0.0431. The first-order chi connectivity index (χ1) is 10.3. The normalized spacial score (nSPS) is 37.0. The van der Waals surface area contributed by atoms with Crippen molar-refractivity contribution < 1.29 is 0 Å². The molecule has 0 amide bonds. The van der Waals surface area contributed by atoms with Crippen molar-refractivity contribution in [2.75, 3.05) is 0 Å². The van der Waals surface area contributed by atoms with Crippen molar-refractivity contribution in [1.29, 1.82) is 0 Å². The van der Waals surface area contributed by atoms with Gasteiger partial charge in [-0.15, -0.1) is 0 Å². The van der Waals surface area contributed by atoms with Gasteiger partial charge in [-0.2, -0.15) is 0 Å². The van der Waals surface area contributed by atoms with Crippen molar-refractivity contribution >= 4 is 0 Å². The molecular formula is C19H22N2. The third-order valence-electron chi connectivity index (χ3n) is 6.21. The lowest BCUT2D eigenvalue weighted by Gasteiger charge is -2.57. The average Bonchev–Trinajstić information content (AvgIpc) is 2.97. The minimum atomic E-state index is 0.398. The Labute approximate surface area is 126 Å². The molecule has 4 fully saturated rings. The van der Waals surface area contributed by atoms with Crippen LogP contribution in [0.1, 0.15) is 38.5 Å². The van der Waals surface area contributed by atoms with Gasteiger partial charge in [0.05, 0.1) is 12.0 Å². The number of aromatic nitrogens is 2. The van der Waals surface area contributed by atoms with Crippen LogP contribution in [0.3, 0.4) is 0 Å². The van der Waals surface area contributed by atoms with E-state index in [1.807, 2.05) is 0 Å². The summed E-state index contributed by atoms with van der Waals surface area (Å²) in [6.07, 6.45) is 13.1. The molecule has 108 valence electrons. The fraction of sp³-hybridized carbons (Fsp3) is 0.526. The molecule has 0 N–H and O–H groups in total. The molecule has 0 aliphatic heterocycles. The molecule has 0 spiro atoms. The van der Waals surface area contributed by atoms with E-state index in [0.717, 1.165) is 23.4 Å². The third kappa shape index (κ3) is 1.81. The van der Waals surface area contributed by atoms with Crippen LogP contribution in [0.2, 0.25) is 0 Å². The monoisotopic (exact) mass is 278 g/mol. The van der Waals surface area contributed by atoms with E-state index in [1.165, 1.54) is 44.1 Å². The van der Waals surface area contributed by atoms with Crippen LogP contribution in [-0.2, 0) is 5.54 Å². The van der Waals surface area contributed by atoms with Crippen LogP contribution in [0, 0.1) is 17.8 Å². The molecule has 0 atom stereocenters. The number of rotatable bonds is 2. The summed E-state index contributed by atoms with van der Waals surface area (Å²) in [5.41, 5.74) is 2.77. The SMILES string of the molecule is c1ccc(-c2cn(C34CC5CC(CC(C5)C3)C4)cn2)cc1. The highest BCUT2D eigenvalue weighted by Crippen LogP contribution is 2.58. The number of hydrogen-bond donors (Lipinski definition) is 0. The van der Waals surface area contributed by atoms with E-state index < -0.39 is 0 Å². The lowest BCUT2D eigenvalue weighted by atomic mass is 9.53. The van der Waals surface area contributed by atoms with E-state index in [2.05, 4.69) is 47.4 Å². The zero-order valence-corrected chi connectivity index (χ0v) is 12.4. The molecule has 4 saturated carbocycles. The highest BCUT2D eigenvalue weighted by Gasteiger charge is 2.51. The Morgan fingerprint density at radius 2 is 1.52 bits per heavy atom. The highest BCUT2D eigenvalue weighted by molar-refractivity contribution is 5.57. The number of benzene rings is 1. The van der Waals surface area contributed by atoms with Crippen LogP contribution in [0.25, 0.3) is 11.3 Å². The van der Waals surface area contributed by atoms with Crippen LogP contribution in [0.15, 0.2) is 42.9 Å². The molecule has 6 rings (SSSR count). The predicted molar refractivity (Wildman–Crippen MR) is 83.8 cm³/mol. The Kier molecular flexibility index (Phi) is 2.42. The predicted octanol–water partition coefficient (Wildman–Crippen LogP) is 4.48. The van der Waals surface area contributed by atoms with Gasteiger partial charge in [0.2, 0.25) is 0 Å². The smallest absolute Gasteiger partial charge is 0.0958 e. The Hall–Kier alpha value is -1.57. The van der Waals surface area contributed by atoms with Crippen molar-refractivity contribution in [3.63, 3.8) is 0 Å². The standard InChI is InChI=1S/C19H22N2/c1-2-4-17(5-3-1)18-12-21(13-20-18)19-9-14-6-15(10-19)8-16(7-14)11-19/h1-5,12-16H,6-11H2. The summed E-state index contributed by atoms with van der Waals surface area (Å²) in [5.74, 6) is 2.96. The molecule has 2 heteroatoms. The van der Waals surface area contributed by atoms with Crippen molar-refractivity contribution in [3.05, 3.63) is 42.9 Å². The molecule has 1 heterocycles. The summed E-state index contributed by atoms with van der Waals surface area (Å²) in [5, 5.41) is 0. The largest absolute Gasteiger partial charge is 0.331 e. The Morgan fingerprint density at radius 1 is 0.905 bits per heavy atom. The topological polar surface area (TPSA) is 17.8 Å². The molecule has 1 aromatic heterocycles. The summed E-state index contributed by atoms with van der Waals surface area (Å²) in [7, 11) is 0. The fourth-order valence-corrected chi connectivity index (χ4v) is 5.72. The summed E-state index contributed by atoms with van der Waals surface area (Å²) >= 11 is 0. The summed E-state index contributed by atoms with van der Waals surface area (Å²) in [4.78, 5) is 4.71. The molecule has 0 unspecified atom stereocenters. The number of nitrogens with zero attached hydrogens (tertiary/aromatic N) is 2. The maximum atomic E-state index is 4.71. The molecule has 0 radical (unpaired) electrons. The van der Waals surface area contributed by atoms with Gasteiger partial charge < -0.3 is 4.57 Å². The molecule has 2 nitrogen and oxygen atoms in total. The van der Waals surface area contributed by atoms with Gasteiger partial charge in [0.25, 0.3) is 0 Å². The van der Waals surface area contributed by atoms with Crippen LogP contribution in [-0.4, -0.2) is 9.55 Å². The second-order valence-electron chi connectivity index (χ2n) is 7.67. The van der Waals surface area contributed by atoms with Crippen molar-refractivity contribution in [2.45, 2.75) is 44.1 Å². The molecular weight excluding hydrogens is 256 g/mol.